The van der Waals surface area contributed by atoms with E-state index >= 15 is 0 Å². The fourth-order valence-electron chi connectivity index (χ4n) is 3.31. The molecule has 5 heteroatoms. The van der Waals surface area contributed by atoms with Crippen molar-refractivity contribution in [2.24, 2.45) is 0 Å². The summed E-state index contributed by atoms with van der Waals surface area (Å²) in [6, 6.07) is 5.63. The molecule has 0 bridgehead atoms. The Labute approximate surface area is 123 Å². The normalized spacial score (nSPS) is 22.6. The highest BCUT2D eigenvalue weighted by molar-refractivity contribution is 6.01. The zero-order valence-corrected chi connectivity index (χ0v) is 12.1. The van der Waals surface area contributed by atoms with Gasteiger partial charge in [0.15, 0.2) is 0 Å². The molecule has 1 aliphatic carbocycles. The Hall–Kier alpha value is -1.88. The van der Waals surface area contributed by atoms with Crippen LogP contribution in [0.3, 0.4) is 0 Å². The van der Waals surface area contributed by atoms with Crippen molar-refractivity contribution in [3.8, 4) is 0 Å². The van der Waals surface area contributed by atoms with E-state index in [9.17, 15) is 15.0 Å². The maximum atomic E-state index is 11.4. The van der Waals surface area contributed by atoms with Crippen molar-refractivity contribution in [3.05, 3.63) is 29.6 Å². The number of carboxylic acid groups (broad SMARTS) is 1. The number of carboxylic acids is 1. The molecule has 1 aliphatic rings. The lowest BCUT2D eigenvalue weighted by atomic mass is 9.92. The van der Waals surface area contributed by atoms with E-state index in [0.29, 0.717) is 11.6 Å². The molecule has 2 aromatic rings. The molecule has 3 rings (SSSR count). The van der Waals surface area contributed by atoms with Crippen molar-refractivity contribution in [1.29, 1.82) is 0 Å². The van der Waals surface area contributed by atoms with E-state index in [1.165, 1.54) is 0 Å². The van der Waals surface area contributed by atoms with Gasteiger partial charge >= 0.3 is 5.97 Å². The number of aliphatic hydroxyl groups is 1. The first-order chi connectivity index (χ1) is 10.1. The minimum absolute atomic E-state index is 0.198. The van der Waals surface area contributed by atoms with Crippen molar-refractivity contribution in [2.45, 2.75) is 51.2 Å². The minimum Gasteiger partial charge on any atom is -0.478 e. The van der Waals surface area contributed by atoms with Crippen LogP contribution in [0.1, 0.15) is 54.8 Å². The quantitative estimate of drug-likeness (QED) is 0.910. The number of benzene rings is 1. The highest BCUT2D eigenvalue weighted by Crippen LogP contribution is 2.33. The number of hydrogen-bond donors (Lipinski definition) is 2. The average Bonchev–Trinajstić information content (AvgIpc) is 2.86. The molecule has 1 fully saturated rings. The van der Waals surface area contributed by atoms with Gasteiger partial charge < -0.3 is 14.8 Å². The summed E-state index contributed by atoms with van der Waals surface area (Å²) in [7, 11) is 0. The smallest absolute Gasteiger partial charge is 0.337 e. The van der Waals surface area contributed by atoms with Gasteiger partial charge in [0.05, 0.1) is 17.2 Å². The average molecular weight is 288 g/mol. The number of fused-ring (bicyclic) bond motifs is 1. The van der Waals surface area contributed by atoms with Crippen LogP contribution < -0.4 is 0 Å². The van der Waals surface area contributed by atoms with Gasteiger partial charge in [-0.1, -0.05) is 13.0 Å². The maximum Gasteiger partial charge on any atom is 0.337 e. The lowest BCUT2D eigenvalue weighted by Crippen LogP contribution is -2.22. The van der Waals surface area contributed by atoms with Crippen molar-refractivity contribution < 1.29 is 15.0 Å². The molecule has 5 nitrogen and oxygen atoms in total. The summed E-state index contributed by atoms with van der Waals surface area (Å²) in [5, 5.41) is 19.0. The lowest BCUT2D eigenvalue weighted by Gasteiger charge is -2.28. The molecular formula is C16H20N2O3. The monoisotopic (exact) mass is 288 g/mol. The van der Waals surface area contributed by atoms with Gasteiger partial charge in [-0.05, 0) is 37.8 Å². The van der Waals surface area contributed by atoms with Crippen LogP contribution in [-0.2, 0) is 6.42 Å². The van der Waals surface area contributed by atoms with E-state index in [1.54, 1.807) is 12.1 Å². The van der Waals surface area contributed by atoms with Crippen LogP contribution in [0, 0.1) is 0 Å². The molecule has 0 atom stereocenters. The molecule has 0 radical (unpaired) electrons. The van der Waals surface area contributed by atoms with Gasteiger partial charge in [0.1, 0.15) is 11.3 Å². The predicted molar refractivity (Wildman–Crippen MR) is 79.6 cm³/mol. The van der Waals surface area contributed by atoms with Crippen LogP contribution >= 0.6 is 0 Å². The molecule has 0 unspecified atom stereocenters. The Morgan fingerprint density at radius 1 is 1.33 bits per heavy atom. The fraction of sp³-hybridized carbons (Fsp3) is 0.500. The maximum absolute atomic E-state index is 11.4. The summed E-state index contributed by atoms with van der Waals surface area (Å²) >= 11 is 0. The van der Waals surface area contributed by atoms with E-state index < -0.39 is 5.97 Å². The third-order valence-corrected chi connectivity index (χ3v) is 4.37. The number of para-hydroxylation sites is 1. The number of aromatic nitrogens is 2. The number of aliphatic hydroxyl groups excluding tert-OH is 1. The number of aryl methyl sites for hydroxylation is 1. The second-order valence-electron chi connectivity index (χ2n) is 5.69. The van der Waals surface area contributed by atoms with E-state index in [0.717, 1.165) is 43.4 Å². The second kappa shape index (κ2) is 5.48. The molecule has 0 aliphatic heterocycles. The van der Waals surface area contributed by atoms with Crippen molar-refractivity contribution >= 4 is 17.0 Å². The minimum atomic E-state index is -0.938. The third kappa shape index (κ3) is 2.42. The number of imidazole rings is 1. The van der Waals surface area contributed by atoms with E-state index in [1.807, 2.05) is 13.0 Å². The summed E-state index contributed by atoms with van der Waals surface area (Å²) in [5.41, 5.74) is 1.73. The van der Waals surface area contributed by atoms with E-state index in [2.05, 4.69) is 9.55 Å². The number of carbonyl (C=O) groups is 1. The van der Waals surface area contributed by atoms with Crippen molar-refractivity contribution in [3.63, 3.8) is 0 Å². The highest BCUT2D eigenvalue weighted by atomic mass is 16.4. The van der Waals surface area contributed by atoms with Gasteiger partial charge in [0.25, 0.3) is 0 Å². The van der Waals surface area contributed by atoms with Crippen molar-refractivity contribution in [1.82, 2.24) is 9.55 Å². The van der Waals surface area contributed by atoms with Gasteiger partial charge in [0.2, 0.25) is 0 Å². The molecule has 0 saturated heterocycles. The van der Waals surface area contributed by atoms with E-state index in [4.69, 9.17) is 0 Å². The summed E-state index contributed by atoms with van der Waals surface area (Å²) in [6.45, 7) is 2.04. The van der Waals surface area contributed by atoms with Gasteiger partial charge in [-0.3, -0.25) is 0 Å². The Bertz CT molecular complexity index is 669. The molecule has 21 heavy (non-hydrogen) atoms. The third-order valence-electron chi connectivity index (χ3n) is 4.37. The molecule has 2 N–H and O–H groups in total. The largest absolute Gasteiger partial charge is 0.478 e. The Morgan fingerprint density at radius 2 is 2.05 bits per heavy atom. The van der Waals surface area contributed by atoms with Gasteiger partial charge in [-0.15, -0.1) is 0 Å². The molecule has 1 aromatic carbocycles. The van der Waals surface area contributed by atoms with Crippen LogP contribution in [0.15, 0.2) is 18.2 Å². The second-order valence-corrected chi connectivity index (χ2v) is 5.69. The zero-order chi connectivity index (χ0) is 15.0. The van der Waals surface area contributed by atoms with E-state index in [-0.39, 0.29) is 11.7 Å². The first-order valence-corrected chi connectivity index (χ1v) is 7.53. The Balaban J connectivity index is 2.12. The molecule has 0 spiro atoms. The summed E-state index contributed by atoms with van der Waals surface area (Å²) in [4.78, 5) is 15.9. The van der Waals surface area contributed by atoms with Gasteiger partial charge in [-0.2, -0.15) is 0 Å². The summed E-state index contributed by atoms with van der Waals surface area (Å²) in [5.74, 6) is -0.00735. The number of nitrogens with zero attached hydrogens (tertiary/aromatic N) is 2. The predicted octanol–water partition coefficient (Wildman–Crippen LogP) is 2.77. The fourth-order valence-corrected chi connectivity index (χ4v) is 3.31. The number of hydrogen-bond acceptors (Lipinski definition) is 3. The number of rotatable bonds is 3. The molecule has 1 saturated carbocycles. The van der Waals surface area contributed by atoms with Crippen LogP contribution in [0.25, 0.3) is 11.0 Å². The van der Waals surface area contributed by atoms with Crippen LogP contribution in [0.4, 0.5) is 0 Å². The lowest BCUT2D eigenvalue weighted by molar-refractivity contribution is 0.0699. The first kappa shape index (κ1) is 14.1. The Morgan fingerprint density at radius 3 is 2.67 bits per heavy atom. The molecular weight excluding hydrogens is 268 g/mol. The molecule has 0 amide bonds. The standard InChI is InChI=1S/C16H20N2O3/c1-2-14-17-15-12(16(20)21)4-3-5-13(15)18(14)10-6-8-11(19)9-7-10/h3-5,10-11,19H,2,6-9H2,1H3,(H,20,21). The van der Waals surface area contributed by atoms with Crippen LogP contribution in [-0.4, -0.2) is 31.8 Å². The summed E-state index contributed by atoms with van der Waals surface area (Å²) < 4.78 is 2.19. The molecule has 1 aromatic heterocycles. The van der Waals surface area contributed by atoms with Gasteiger partial charge in [0, 0.05) is 12.5 Å². The van der Waals surface area contributed by atoms with Crippen LogP contribution in [0.5, 0.6) is 0 Å². The Kier molecular flexibility index (Phi) is 3.68. The topological polar surface area (TPSA) is 75.3 Å². The SMILES string of the molecule is CCc1nc2c(C(=O)O)cccc2n1C1CCC(O)CC1. The van der Waals surface area contributed by atoms with Gasteiger partial charge in [-0.25, -0.2) is 9.78 Å². The molecule has 112 valence electrons. The number of aromatic carboxylic acids is 1. The first-order valence-electron chi connectivity index (χ1n) is 7.53. The summed E-state index contributed by atoms with van der Waals surface area (Å²) in [6.07, 6.45) is 3.99. The van der Waals surface area contributed by atoms with Crippen molar-refractivity contribution in [2.75, 3.05) is 0 Å². The zero-order valence-electron chi connectivity index (χ0n) is 12.1. The van der Waals surface area contributed by atoms with Crippen LogP contribution in [0.2, 0.25) is 0 Å². The highest BCUT2D eigenvalue weighted by Gasteiger charge is 2.25. The molecule has 1 heterocycles.